The number of hydrogen-bond donors (Lipinski definition) is 1. The summed E-state index contributed by atoms with van der Waals surface area (Å²) in [6.07, 6.45) is 2.96. The number of hydrogen-bond acceptors (Lipinski definition) is 4. The van der Waals surface area contributed by atoms with Gasteiger partial charge in [-0.15, -0.1) is 0 Å². The molecule has 0 spiro atoms. The minimum Gasteiger partial charge on any atom is -0.490 e. The van der Waals surface area contributed by atoms with Gasteiger partial charge in [0, 0.05) is 12.4 Å². The number of ether oxygens (including phenoxy) is 2. The van der Waals surface area contributed by atoms with Gasteiger partial charge in [0.2, 0.25) is 0 Å². The van der Waals surface area contributed by atoms with Crippen LogP contribution in [-0.4, -0.2) is 30.3 Å². The van der Waals surface area contributed by atoms with E-state index < -0.39 is 0 Å². The third-order valence-electron chi connectivity index (χ3n) is 3.03. The summed E-state index contributed by atoms with van der Waals surface area (Å²) in [5.74, 6) is 0.751. The summed E-state index contributed by atoms with van der Waals surface area (Å²) in [7, 11) is 0. The Kier molecular flexibility index (Phi) is 3.50. The molecule has 2 aromatic rings. The zero-order valence-corrected chi connectivity index (χ0v) is 10.8. The van der Waals surface area contributed by atoms with Gasteiger partial charge in [-0.25, -0.2) is 4.79 Å². The molecule has 1 aromatic carbocycles. The van der Waals surface area contributed by atoms with Crippen LogP contribution in [0.1, 0.15) is 0 Å². The van der Waals surface area contributed by atoms with Crippen LogP contribution in [0.5, 0.6) is 5.75 Å². The summed E-state index contributed by atoms with van der Waals surface area (Å²) >= 11 is 0. The highest BCUT2D eigenvalue weighted by molar-refractivity contribution is 5.69. The van der Waals surface area contributed by atoms with E-state index in [0.717, 1.165) is 16.9 Å². The maximum Gasteiger partial charge on any atom is 0.407 e. The Morgan fingerprint density at radius 2 is 2.10 bits per heavy atom. The van der Waals surface area contributed by atoms with Crippen molar-refractivity contribution in [2.75, 3.05) is 13.2 Å². The topological polar surface area (TPSA) is 60.5 Å². The van der Waals surface area contributed by atoms with Gasteiger partial charge in [0.15, 0.2) is 6.10 Å². The van der Waals surface area contributed by atoms with Crippen molar-refractivity contribution in [3.8, 4) is 16.9 Å². The van der Waals surface area contributed by atoms with E-state index >= 15 is 0 Å². The number of aromatic nitrogens is 1. The smallest absolute Gasteiger partial charge is 0.407 e. The van der Waals surface area contributed by atoms with Gasteiger partial charge in [0.25, 0.3) is 0 Å². The van der Waals surface area contributed by atoms with E-state index in [4.69, 9.17) is 9.47 Å². The summed E-state index contributed by atoms with van der Waals surface area (Å²) in [6.45, 7) is 0.845. The van der Waals surface area contributed by atoms with Crippen molar-refractivity contribution in [3.05, 3.63) is 48.8 Å². The Balaban J connectivity index is 1.60. The molecule has 0 aliphatic carbocycles. The highest BCUT2D eigenvalue weighted by Gasteiger charge is 2.22. The third kappa shape index (κ3) is 2.88. The average molecular weight is 270 g/mol. The van der Waals surface area contributed by atoms with Gasteiger partial charge in [0.05, 0.1) is 6.54 Å². The molecule has 1 saturated heterocycles. The van der Waals surface area contributed by atoms with E-state index in [2.05, 4.69) is 10.3 Å². The van der Waals surface area contributed by atoms with Crippen molar-refractivity contribution in [2.45, 2.75) is 6.10 Å². The van der Waals surface area contributed by atoms with Gasteiger partial charge >= 0.3 is 6.09 Å². The number of alkyl carbamates (subject to hydrolysis) is 1. The van der Waals surface area contributed by atoms with Crippen LogP contribution in [0.15, 0.2) is 48.8 Å². The highest BCUT2D eigenvalue weighted by atomic mass is 16.6. The second-order valence-corrected chi connectivity index (χ2v) is 4.49. The molecule has 0 radical (unpaired) electrons. The molecule has 1 aromatic heterocycles. The molecule has 3 rings (SSSR count). The highest BCUT2D eigenvalue weighted by Crippen LogP contribution is 2.21. The Morgan fingerprint density at radius 1 is 1.25 bits per heavy atom. The average Bonchev–Trinajstić information content (AvgIpc) is 2.92. The van der Waals surface area contributed by atoms with Gasteiger partial charge in [-0.1, -0.05) is 18.2 Å². The molecule has 1 aliphatic rings. The van der Waals surface area contributed by atoms with Gasteiger partial charge < -0.3 is 14.8 Å². The van der Waals surface area contributed by atoms with Crippen LogP contribution in [0.4, 0.5) is 4.79 Å². The number of carbonyl (C=O) groups excluding carboxylic acids is 1. The van der Waals surface area contributed by atoms with Crippen molar-refractivity contribution in [1.82, 2.24) is 10.3 Å². The Labute approximate surface area is 116 Å². The second-order valence-electron chi connectivity index (χ2n) is 4.49. The van der Waals surface area contributed by atoms with Crippen LogP contribution in [0.3, 0.4) is 0 Å². The minimum absolute atomic E-state index is 0.222. The second kappa shape index (κ2) is 5.61. The lowest BCUT2D eigenvalue weighted by Gasteiger charge is -2.10. The summed E-state index contributed by atoms with van der Waals surface area (Å²) in [5.41, 5.74) is 2.15. The lowest BCUT2D eigenvalue weighted by molar-refractivity contribution is 0.105. The minimum atomic E-state index is -0.384. The Bertz CT molecular complexity index is 584. The van der Waals surface area contributed by atoms with Gasteiger partial charge in [-0.3, -0.25) is 4.98 Å². The number of benzene rings is 1. The normalized spacial score (nSPS) is 17.4. The number of carbonyl (C=O) groups is 1. The summed E-state index contributed by atoms with van der Waals surface area (Å²) in [5, 5.41) is 2.59. The third-order valence-corrected chi connectivity index (χ3v) is 3.03. The number of cyclic esters (lactones) is 1. The summed E-state index contributed by atoms with van der Waals surface area (Å²) < 4.78 is 10.6. The van der Waals surface area contributed by atoms with E-state index in [1.54, 1.807) is 6.20 Å². The fourth-order valence-corrected chi connectivity index (χ4v) is 1.99. The standard InChI is InChI=1S/C15H14N2O3/c18-15-17-9-14(20-15)10-19-13-5-3-11(4-6-13)12-2-1-7-16-8-12/h1-8,14H,9-10H2,(H,17,18). The zero-order chi connectivity index (χ0) is 13.8. The molecule has 2 heterocycles. The first-order chi connectivity index (χ1) is 9.81. The molecule has 1 amide bonds. The lowest BCUT2D eigenvalue weighted by Crippen LogP contribution is -2.21. The van der Waals surface area contributed by atoms with Gasteiger partial charge in [-0.05, 0) is 29.3 Å². The number of rotatable bonds is 4. The first-order valence-electron chi connectivity index (χ1n) is 6.39. The Hall–Kier alpha value is -2.56. The number of amides is 1. The van der Waals surface area contributed by atoms with Crippen LogP contribution in [0.2, 0.25) is 0 Å². The molecular formula is C15H14N2O3. The van der Waals surface area contributed by atoms with Crippen LogP contribution in [0, 0.1) is 0 Å². The maximum absolute atomic E-state index is 10.9. The number of pyridine rings is 1. The van der Waals surface area contributed by atoms with Crippen molar-refractivity contribution >= 4 is 6.09 Å². The van der Waals surface area contributed by atoms with E-state index in [0.29, 0.717) is 13.2 Å². The van der Waals surface area contributed by atoms with E-state index in [1.165, 1.54) is 0 Å². The summed E-state index contributed by atoms with van der Waals surface area (Å²) in [4.78, 5) is 15.0. The fraction of sp³-hybridized carbons (Fsp3) is 0.200. The van der Waals surface area contributed by atoms with Crippen LogP contribution in [0.25, 0.3) is 11.1 Å². The van der Waals surface area contributed by atoms with Crippen LogP contribution < -0.4 is 10.1 Å². The quantitative estimate of drug-likeness (QED) is 0.925. The van der Waals surface area contributed by atoms with Crippen molar-refractivity contribution < 1.29 is 14.3 Å². The molecule has 1 fully saturated rings. The molecule has 1 atom stereocenters. The molecule has 1 aliphatic heterocycles. The number of nitrogens with one attached hydrogen (secondary N) is 1. The molecule has 5 nitrogen and oxygen atoms in total. The van der Waals surface area contributed by atoms with Gasteiger partial charge in [-0.2, -0.15) is 0 Å². The van der Waals surface area contributed by atoms with Crippen molar-refractivity contribution in [2.24, 2.45) is 0 Å². The molecule has 0 bridgehead atoms. The molecule has 1 N–H and O–H groups in total. The largest absolute Gasteiger partial charge is 0.490 e. The van der Waals surface area contributed by atoms with Gasteiger partial charge in [0.1, 0.15) is 12.4 Å². The van der Waals surface area contributed by atoms with E-state index in [9.17, 15) is 4.79 Å². The zero-order valence-electron chi connectivity index (χ0n) is 10.8. The van der Waals surface area contributed by atoms with E-state index in [-0.39, 0.29) is 12.2 Å². The maximum atomic E-state index is 10.9. The molecule has 5 heteroatoms. The first-order valence-corrected chi connectivity index (χ1v) is 6.39. The molecule has 0 saturated carbocycles. The predicted molar refractivity (Wildman–Crippen MR) is 73.4 cm³/mol. The number of nitrogens with zero attached hydrogens (tertiary/aromatic N) is 1. The van der Waals surface area contributed by atoms with Crippen molar-refractivity contribution in [1.29, 1.82) is 0 Å². The predicted octanol–water partition coefficient (Wildman–Crippen LogP) is 2.24. The Morgan fingerprint density at radius 3 is 2.75 bits per heavy atom. The molecule has 1 unspecified atom stereocenters. The first kappa shape index (κ1) is 12.5. The lowest BCUT2D eigenvalue weighted by atomic mass is 10.1. The van der Waals surface area contributed by atoms with E-state index in [1.807, 2.05) is 42.6 Å². The fourth-order valence-electron chi connectivity index (χ4n) is 1.99. The molecular weight excluding hydrogens is 256 g/mol. The SMILES string of the molecule is O=C1NCC(COc2ccc(-c3cccnc3)cc2)O1. The van der Waals surface area contributed by atoms with Crippen LogP contribution in [-0.2, 0) is 4.74 Å². The monoisotopic (exact) mass is 270 g/mol. The summed E-state index contributed by atoms with van der Waals surface area (Å²) in [6, 6.07) is 11.7. The molecule has 102 valence electrons. The molecule has 20 heavy (non-hydrogen) atoms. The van der Waals surface area contributed by atoms with Crippen LogP contribution >= 0.6 is 0 Å². The van der Waals surface area contributed by atoms with Crippen molar-refractivity contribution in [3.63, 3.8) is 0 Å².